The number of likely N-dealkylation sites (tertiary alicyclic amines) is 1. The molecular formula is C31H50N2O5. The zero-order chi connectivity index (χ0) is 27.5. The maximum atomic E-state index is 13.4. The minimum Gasteiger partial charge on any atom is -0.390 e. The molecule has 0 spiro atoms. The molecule has 1 aliphatic heterocycles. The average molecular weight is 531 g/mol. The lowest BCUT2D eigenvalue weighted by Gasteiger charge is -2.34. The van der Waals surface area contributed by atoms with E-state index in [1.807, 2.05) is 49.1 Å². The molecule has 2 amide bonds. The van der Waals surface area contributed by atoms with Gasteiger partial charge >= 0.3 is 0 Å². The van der Waals surface area contributed by atoms with Crippen LogP contribution in [0.2, 0.25) is 0 Å². The molecule has 3 rings (SSSR count). The van der Waals surface area contributed by atoms with Crippen molar-refractivity contribution < 1.29 is 24.5 Å². The van der Waals surface area contributed by atoms with Gasteiger partial charge in [0.1, 0.15) is 18.3 Å². The van der Waals surface area contributed by atoms with Crippen molar-refractivity contribution in [3.05, 3.63) is 35.9 Å². The average Bonchev–Trinajstić information content (AvgIpc) is 2.92. The summed E-state index contributed by atoms with van der Waals surface area (Å²) in [6.45, 7) is 7.12. The maximum absolute atomic E-state index is 13.4. The summed E-state index contributed by atoms with van der Waals surface area (Å²) in [6.07, 6.45) is 6.71. The van der Waals surface area contributed by atoms with Crippen molar-refractivity contribution in [2.45, 2.75) is 122 Å². The first-order chi connectivity index (χ1) is 18.2. The van der Waals surface area contributed by atoms with Crippen LogP contribution in [-0.2, 0) is 20.7 Å². The Balaban J connectivity index is 1.69. The smallest absolute Gasteiger partial charge is 0.252 e. The number of carbonyl (C=O) groups is 2. The molecule has 2 aliphatic rings. The van der Waals surface area contributed by atoms with Crippen LogP contribution in [0.4, 0.5) is 0 Å². The quantitative estimate of drug-likeness (QED) is 0.354. The van der Waals surface area contributed by atoms with Gasteiger partial charge in [0.15, 0.2) is 0 Å². The lowest BCUT2D eigenvalue weighted by Crippen LogP contribution is -2.53. The highest BCUT2D eigenvalue weighted by Crippen LogP contribution is 2.29. The third-order valence-electron chi connectivity index (χ3n) is 8.10. The van der Waals surface area contributed by atoms with E-state index in [4.69, 9.17) is 4.74 Å². The lowest BCUT2D eigenvalue weighted by molar-refractivity contribution is -0.153. The van der Waals surface area contributed by atoms with E-state index in [-0.39, 0.29) is 17.7 Å². The van der Waals surface area contributed by atoms with Crippen LogP contribution in [0.1, 0.15) is 90.5 Å². The second kappa shape index (κ2) is 15.6. The van der Waals surface area contributed by atoms with E-state index in [1.54, 1.807) is 6.92 Å². The van der Waals surface area contributed by atoms with E-state index in [0.717, 1.165) is 63.6 Å². The highest BCUT2D eigenvalue weighted by molar-refractivity contribution is 5.84. The minimum absolute atomic E-state index is 0.0700. The Morgan fingerprint density at radius 3 is 2.24 bits per heavy atom. The third-order valence-corrected chi connectivity index (χ3v) is 8.10. The zero-order valence-corrected chi connectivity index (χ0v) is 23.7. The second-order valence-electron chi connectivity index (χ2n) is 11.9. The van der Waals surface area contributed by atoms with Crippen LogP contribution in [0, 0.1) is 11.8 Å². The summed E-state index contributed by atoms with van der Waals surface area (Å²) < 4.78 is 6.18. The first-order valence-corrected chi connectivity index (χ1v) is 14.9. The topological polar surface area (TPSA) is 99.1 Å². The molecule has 2 fully saturated rings. The van der Waals surface area contributed by atoms with Crippen LogP contribution in [-0.4, -0.2) is 70.5 Å². The highest BCUT2D eigenvalue weighted by atomic mass is 16.5. The van der Waals surface area contributed by atoms with Gasteiger partial charge in [-0.2, -0.15) is 0 Å². The van der Waals surface area contributed by atoms with E-state index in [1.165, 1.54) is 6.42 Å². The normalized spacial score (nSPS) is 20.9. The molecule has 214 valence electrons. The number of piperidine rings is 1. The molecule has 5 atom stereocenters. The molecule has 1 saturated carbocycles. The summed E-state index contributed by atoms with van der Waals surface area (Å²) in [6, 6.07) is 9.19. The Bertz CT molecular complexity index is 836. The number of ether oxygens (including phenoxy) is 1. The van der Waals surface area contributed by atoms with Gasteiger partial charge in [-0.15, -0.1) is 0 Å². The SMILES string of the molecule is CC(C)C[C@H](O)[C@H](O)[C@H](CC1CCCCC1)NC(=O)[C@H](C)O[C@@H](Cc1ccccc1)C(=O)N1CCCCC1. The van der Waals surface area contributed by atoms with Crippen molar-refractivity contribution >= 4 is 11.8 Å². The van der Waals surface area contributed by atoms with Crippen molar-refractivity contribution in [3.8, 4) is 0 Å². The van der Waals surface area contributed by atoms with Crippen LogP contribution in [0.25, 0.3) is 0 Å². The van der Waals surface area contributed by atoms with Gasteiger partial charge in [-0.3, -0.25) is 9.59 Å². The van der Waals surface area contributed by atoms with Gasteiger partial charge in [-0.05, 0) is 56.4 Å². The number of aliphatic hydroxyl groups is 2. The van der Waals surface area contributed by atoms with E-state index < -0.39 is 30.5 Å². The van der Waals surface area contributed by atoms with Gasteiger partial charge in [0, 0.05) is 19.5 Å². The lowest BCUT2D eigenvalue weighted by atomic mass is 9.82. The standard InChI is InChI=1S/C31H50N2O5/c1-22(2)19-27(34)29(35)26(20-24-13-7-4-8-14-24)32-30(36)23(3)38-28(21-25-15-9-5-10-16-25)31(37)33-17-11-6-12-18-33/h5,9-10,15-16,22-24,26-29,34-35H,4,6-8,11-14,17-21H2,1-3H3,(H,32,36)/t23-,26-,27-,28-,29+/m0/s1. The first kappa shape index (κ1) is 30.6. The number of hydrogen-bond acceptors (Lipinski definition) is 5. The summed E-state index contributed by atoms with van der Waals surface area (Å²) in [4.78, 5) is 28.7. The molecule has 0 radical (unpaired) electrons. The molecule has 38 heavy (non-hydrogen) atoms. The largest absolute Gasteiger partial charge is 0.390 e. The number of carbonyl (C=O) groups excluding carboxylic acids is 2. The Kier molecular flexibility index (Phi) is 12.5. The molecule has 0 unspecified atom stereocenters. The Labute approximate surface area is 229 Å². The van der Waals surface area contributed by atoms with E-state index in [9.17, 15) is 19.8 Å². The fraction of sp³-hybridized carbons (Fsp3) is 0.742. The number of nitrogens with zero attached hydrogens (tertiary/aromatic N) is 1. The van der Waals surface area contributed by atoms with Crippen molar-refractivity contribution in [3.63, 3.8) is 0 Å². The number of hydrogen-bond donors (Lipinski definition) is 3. The van der Waals surface area contributed by atoms with Gasteiger partial charge in [-0.25, -0.2) is 0 Å². The molecule has 0 bridgehead atoms. The van der Waals surface area contributed by atoms with Crippen molar-refractivity contribution in [2.24, 2.45) is 11.8 Å². The number of amides is 2. The van der Waals surface area contributed by atoms with E-state index in [0.29, 0.717) is 25.2 Å². The fourth-order valence-electron chi connectivity index (χ4n) is 5.90. The summed E-state index contributed by atoms with van der Waals surface area (Å²) in [7, 11) is 0. The maximum Gasteiger partial charge on any atom is 0.252 e. The molecule has 1 heterocycles. The highest BCUT2D eigenvalue weighted by Gasteiger charge is 2.34. The van der Waals surface area contributed by atoms with Crippen LogP contribution in [0.15, 0.2) is 30.3 Å². The number of aliphatic hydroxyl groups excluding tert-OH is 2. The Hall–Kier alpha value is -1.96. The molecule has 7 heteroatoms. The van der Waals surface area contributed by atoms with Gasteiger partial charge in [0.05, 0.1) is 12.1 Å². The molecular weight excluding hydrogens is 480 g/mol. The number of rotatable bonds is 13. The molecule has 7 nitrogen and oxygen atoms in total. The van der Waals surface area contributed by atoms with Crippen molar-refractivity contribution in [1.82, 2.24) is 10.2 Å². The molecule has 1 aliphatic carbocycles. The molecule has 3 N–H and O–H groups in total. The summed E-state index contributed by atoms with van der Waals surface area (Å²) in [5, 5.41) is 24.7. The van der Waals surface area contributed by atoms with Crippen LogP contribution >= 0.6 is 0 Å². The molecule has 0 aromatic heterocycles. The van der Waals surface area contributed by atoms with Gasteiger partial charge < -0.3 is 25.2 Å². The van der Waals surface area contributed by atoms with Crippen LogP contribution in [0.3, 0.4) is 0 Å². The van der Waals surface area contributed by atoms with Crippen LogP contribution in [0.5, 0.6) is 0 Å². The second-order valence-corrected chi connectivity index (χ2v) is 11.9. The van der Waals surface area contributed by atoms with Gasteiger partial charge in [0.25, 0.3) is 5.91 Å². The molecule has 1 aromatic rings. The predicted molar refractivity (Wildman–Crippen MR) is 150 cm³/mol. The van der Waals surface area contributed by atoms with Crippen molar-refractivity contribution in [1.29, 1.82) is 0 Å². The van der Waals surface area contributed by atoms with Crippen LogP contribution < -0.4 is 5.32 Å². The third kappa shape index (κ3) is 9.65. The van der Waals surface area contributed by atoms with Gasteiger partial charge in [-0.1, -0.05) is 76.3 Å². The Morgan fingerprint density at radius 1 is 0.974 bits per heavy atom. The van der Waals surface area contributed by atoms with Gasteiger partial charge in [0.2, 0.25) is 5.91 Å². The fourth-order valence-corrected chi connectivity index (χ4v) is 5.90. The van der Waals surface area contributed by atoms with Crippen molar-refractivity contribution in [2.75, 3.05) is 13.1 Å². The number of benzene rings is 1. The molecule has 1 aromatic carbocycles. The predicted octanol–water partition coefficient (Wildman–Crippen LogP) is 4.24. The van der Waals surface area contributed by atoms with E-state index >= 15 is 0 Å². The summed E-state index contributed by atoms with van der Waals surface area (Å²) >= 11 is 0. The molecule has 1 saturated heterocycles. The zero-order valence-electron chi connectivity index (χ0n) is 23.7. The Morgan fingerprint density at radius 2 is 1.61 bits per heavy atom. The first-order valence-electron chi connectivity index (χ1n) is 14.9. The van der Waals surface area contributed by atoms with E-state index in [2.05, 4.69) is 5.32 Å². The number of nitrogens with one attached hydrogen (secondary N) is 1. The minimum atomic E-state index is -1.05. The summed E-state index contributed by atoms with van der Waals surface area (Å²) in [5.41, 5.74) is 0.984. The monoisotopic (exact) mass is 530 g/mol. The summed E-state index contributed by atoms with van der Waals surface area (Å²) in [5.74, 6) is 0.218.